The van der Waals surface area contributed by atoms with Gasteiger partial charge in [0, 0.05) is 19.9 Å². The first kappa shape index (κ1) is 13.6. The van der Waals surface area contributed by atoms with Gasteiger partial charge in [0.1, 0.15) is 0 Å². The SMILES string of the molecule is CC(=O)NCCC(=O)NC1(c2ccccc2)CCC1. The quantitative estimate of drug-likeness (QED) is 0.846. The van der Waals surface area contributed by atoms with Crippen LogP contribution in [-0.2, 0) is 15.1 Å². The van der Waals surface area contributed by atoms with E-state index in [0.717, 1.165) is 19.3 Å². The van der Waals surface area contributed by atoms with Gasteiger partial charge in [-0.15, -0.1) is 0 Å². The number of carbonyl (C=O) groups excluding carboxylic acids is 2. The Morgan fingerprint density at radius 2 is 1.89 bits per heavy atom. The molecule has 0 radical (unpaired) electrons. The van der Waals surface area contributed by atoms with E-state index in [4.69, 9.17) is 0 Å². The summed E-state index contributed by atoms with van der Waals surface area (Å²) in [6.45, 7) is 1.85. The molecule has 2 rings (SSSR count). The van der Waals surface area contributed by atoms with Gasteiger partial charge in [0.2, 0.25) is 11.8 Å². The Morgan fingerprint density at radius 1 is 1.21 bits per heavy atom. The fraction of sp³-hybridized carbons (Fsp3) is 0.467. The molecule has 1 aliphatic carbocycles. The Morgan fingerprint density at radius 3 is 2.42 bits per heavy atom. The van der Waals surface area contributed by atoms with E-state index < -0.39 is 0 Å². The molecule has 0 heterocycles. The Hall–Kier alpha value is -1.84. The topological polar surface area (TPSA) is 58.2 Å². The van der Waals surface area contributed by atoms with Crippen LogP contribution in [0.25, 0.3) is 0 Å². The zero-order valence-corrected chi connectivity index (χ0v) is 11.2. The van der Waals surface area contributed by atoms with E-state index in [2.05, 4.69) is 22.8 Å². The van der Waals surface area contributed by atoms with Crippen molar-refractivity contribution in [2.24, 2.45) is 0 Å². The highest BCUT2D eigenvalue weighted by molar-refractivity contribution is 5.78. The van der Waals surface area contributed by atoms with Crippen LogP contribution in [0.5, 0.6) is 0 Å². The summed E-state index contributed by atoms with van der Waals surface area (Å²) >= 11 is 0. The minimum absolute atomic E-state index is 0.00250. The first-order valence-corrected chi connectivity index (χ1v) is 6.73. The summed E-state index contributed by atoms with van der Waals surface area (Å²) in [6.07, 6.45) is 3.45. The maximum Gasteiger partial charge on any atom is 0.222 e. The Labute approximate surface area is 113 Å². The molecule has 0 aromatic heterocycles. The molecule has 4 heteroatoms. The molecule has 0 spiro atoms. The highest BCUT2D eigenvalue weighted by Gasteiger charge is 2.39. The second-order valence-electron chi connectivity index (χ2n) is 5.08. The third-order valence-electron chi connectivity index (χ3n) is 3.64. The fourth-order valence-corrected chi connectivity index (χ4v) is 2.45. The van der Waals surface area contributed by atoms with E-state index in [1.807, 2.05) is 18.2 Å². The van der Waals surface area contributed by atoms with Gasteiger partial charge in [0.25, 0.3) is 0 Å². The van der Waals surface area contributed by atoms with E-state index in [9.17, 15) is 9.59 Å². The number of amides is 2. The summed E-state index contributed by atoms with van der Waals surface area (Å²) in [6, 6.07) is 10.1. The highest BCUT2D eigenvalue weighted by atomic mass is 16.2. The number of nitrogens with one attached hydrogen (secondary N) is 2. The molecule has 2 amide bonds. The van der Waals surface area contributed by atoms with Crippen LogP contribution in [0.3, 0.4) is 0 Å². The van der Waals surface area contributed by atoms with Crippen LogP contribution in [-0.4, -0.2) is 18.4 Å². The number of hydrogen-bond donors (Lipinski definition) is 2. The van der Waals surface area contributed by atoms with Crippen LogP contribution in [0.2, 0.25) is 0 Å². The van der Waals surface area contributed by atoms with Gasteiger partial charge in [0.05, 0.1) is 5.54 Å². The monoisotopic (exact) mass is 260 g/mol. The Bertz CT molecular complexity index is 452. The van der Waals surface area contributed by atoms with Gasteiger partial charge in [0.15, 0.2) is 0 Å². The van der Waals surface area contributed by atoms with Crippen molar-refractivity contribution in [2.75, 3.05) is 6.54 Å². The molecule has 1 aliphatic rings. The van der Waals surface area contributed by atoms with Crippen molar-refractivity contribution in [3.8, 4) is 0 Å². The van der Waals surface area contributed by atoms with Gasteiger partial charge in [-0.25, -0.2) is 0 Å². The van der Waals surface area contributed by atoms with Crippen molar-refractivity contribution >= 4 is 11.8 Å². The van der Waals surface area contributed by atoms with Crippen LogP contribution >= 0.6 is 0 Å². The van der Waals surface area contributed by atoms with Crippen LogP contribution < -0.4 is 10.6 Å². The summed E-state index contributed by atoms with van der Waals surface area (Å²) in [5.41, 5.74) is 0.989. The fourth-order valence-electron chi connectivity index (χ4n) is 2.45. The summed E-state index contributed by atoms with van der Waals surface area (Å²) in [7, 11) is 0. The second-order valence-corrected chi connectivity index (χ2v) is 5.08. The number of benzene rings is 1. The molecular weight excluding hydrogens is 240 g/mol. The first-order valence-electron chi connectivity index (χ1n) is 6.73. The third-order valence-corrected chi connectivity index (χ3v) is 3.64. The van der Waals surface area contributed by atoms with E-state index in [0.29, 0.717) is 13.0 Å². The molecule has 1 fully saturated rings. The second kappa shape index (κ2) is 5.87. The van der Waals surface area contributed by atoms with Crippen LogP contribution in [0.15, 0.2) is 30.3 Å². The molecule has 1 saturated carbocycles. The molecule has 4 nitrogen and oxygen atoms in total. The molecule has 102 valence electrons. The molecule has 0 saturated heterocycles. The normalized spacial score (nSPS) is 16.3. The summed E-state index contributed by atoms with van der Waals surface area (Å²) in [5.74, 6) is -0.105. The standard InChI is InChI=1S/C15H20N2O2/c1-12(18)16-11-8-14(19)17-15(9-5-10-15)13-6-3-2-4-7-13/h2-4,6-7H,5,8-11H2,1H3,(H,16,18)(H,17,19). The number of hydrogen-bond acceptors (Lipinski definition) is 2. The van der Waals surface area contributed by atoms with Gasteiger partial charge in [-0.1, -0.05) is 30.3 Å². The zero-order valence-electron chi connectivity index (χ0n) is 11.2. The first-order chi connectivity index (χ1) is 9.12. The minimum atomic E-state index is -0.186. The maximum atomic E-state index is 11.9. The molecular formula is C15H20N2O2. The average Bonchev–Trinajstić information content (AvgIpc) is 2.34. The van der Waals surface area contributed by atoms with Gasteiger partial charge in [-0.3, -0.25) is 9.59 Å². The maximum absolute atomic E-state index is 11.9. The summed E-state index contributed by atoms with van der Waals surface area (Å²) < 4.78 is 0. The molecule has 0 atom stereocenters. The molecule has 0 aliphatic heterocycles. The lowest BCUT2D eigenvalue weighted by Crippen LogP contribution is -2.51. The van der Waals surface area contributed by atoms with E-state index in [1.165, 1.54) is 12.5 Å². The molecule has 0 unspecified atom stereocenters. The molecule has 0 bridgehead atoms. The van der Waals surface area contributed by atoms with Crippen molar-refractivity contribution in [1.82, 2.24) is 10.6 Å². The van der Waals surface area contributed by atoms with Gasteiger partial charge in [-0.2, -0.15) is 0 Å². The van der Waals surface area contributed by atoms with Crippen molar-refractivity contribution in [1.29, 1.82) is 0 Å². The number of rotatable bonds is 5. The van der Waals surface area contributed by atoms with E-state index >= 15 is 0 Å². The van der Waals surface area contributed by atoms with Gasteiger partial charge >= 0.3 is 0 Å². The predicted molar refractivity (Wildman–Crippen MR) is 73.4 cm³/mol. The highest BCUT2D eigenvalue weighted by Crippen LogP contribution is 2.41. The lowest BCUT2D eigenvalue weighted by atomic mass is 9.71. The van der Waals surface area contributed by atoms with Crippen molar-refractivity contribution in [2.45, 2.75) is 38.1 Å². The third kappa shape index (κ3) is 3.34. The minimum Gasteiger partial charge on any atom is -0.356 e. The smallest absolute Gasteiger partial charge is 0.222 e. The largest absolute Gasteiger partial charge is 0.356 e. The van der Waals surface area contributed by atoms with Crippen LogP contribution in [0, 0.1) is 0 Å². The average molecular weight is 260 g/mol. The van der Waals surface area contributed by atoms with E-state index in [1.54, 1.807) is 0 Å². The van der Waals surface area contributed by atoms with Crippen LogP contribution in [0.4, 0.5) is 0 Å². The summed E-state index contributed by atoms with van der Waals surface area (Å²) in [5, 5.41) is 5.77. The van der Waals surface area contributed by atoms with Gasteiger partial charge < -0.3 is 10.6 Å². The Kier molecular flexibility index (Phi) is 4.20. The molecule has 19 heavy (non-hydrogen) atoms. The van der Waals surface area contributed by atoms with Crippen LogP contribution in [0.1, 0.15) is 38.2 Å². The number of carbonyl (C=O) groups is 2. The molecule has 1 aromatic rings. The Balaban J connectivity index is 1.92. The zero-order chi connectivity index (χ0) is 13.7. The van der Waals surface area contributed by atoms with Crippen molar-refractivity contribution in [3.63, 3.8) is 0 Å². The lowest BCUT2D eigenvalue weighted by Gasteiger charge is -2.43. The molecule has 2 N–H and O–H groups in total. The lowest BCUT2D eigenvalue weighted by molar-refractivity contribution is -0.124. The predicted octanol–water partition coefficient (Wildman–Crippen LogP) is 1.71. The molecule has 1 aromatic carbocycles. The van der Waals surface area contributed by atoms with Gasteiger partial charge in [-0.05, 0) is 24.8 Å². The van der Waals surface area contributed by atoms with Crippen molar-refractivity contribution < 1.29 is 9.59 Å². The summed E-state index contributed by atoms with van der Waals surface area (Å²) in [4.78, 5) is 22.7. The van der Waals surface area contributed by atoms with Crippen molar-refractivity contribution in [3.05, 3.63) is 35.9 Å². The van der Waals surface area contributed by atoms with E-state index in [-0.39, 0.29) is 17.4 Å².